The number of aromatic nitrogens is 1. The maximum absolute atomic E-state index is 4.18. The van der Waals surface area contributed by atoms with Gasteiger partial charge >= 0.3 is 0 Å². The van der Waals surface area contributed by atoms with Crippen molar-refractivity contribution in [2.24, 2.45) is 0 Å². The van der Waals surface area contributed by atoms with Crippen molar-refractivity contribution in [3.05, 3.63) is 16.6 Å². The van der Waals surface area contributed by atoms with Gasteiger partial charge in [-0.25, -0.2) is 4.98 Å². The van der Waals surface area contributed by atoms with E-state index in [0.29, 0.717) is 6.04 Å². The first-order valence-electron chi connectivity index (χ1n) is 3.93. The molecule has 0 saturated heterocycles. The van der Waals surface area contributed by atoms with Crippen LogP contribution in [0.15, 0.2) is 10.9 Å². The van der Waals surface area contributed by atoms with E-state index in [0.717, 1.165) is 12.2 Å². The predicted octanol–water partition coefficient (Wildman–Crippen LogP) is 2.03. The standard InChI is InChI=1S/C8H14N2S/c1-3-7(2)9-4-8-5-11-6-10-8/h5-7,9H,3-4H2,1-2H3. The van der Waals surface area contributed by atoms with E-state index in [1.165, 1.54) is 6.42 Å². The van der Waals surface area contributed by atoms with Crippen LogP contribution in [-0.4, -0.2) is 11.0 Å². The Morgan fingerprint density at radius 1 is 1.73 bits per heavy atom. The van der Waals surface area contributed by atoms with Gasteiger partial charge in [0, 0.05) is 18.0 Å². The minimum absolute atomic E-state index is 0.594. The smallest absolute Gasteiger partial charge is 0.0795 e. The van der Waals surface area contributed by atoms with Crippen molar-refractivity contribution in [3.63, 3.8) is 0 Å². The second-order valence-electron chi connectivity index (χ2n) is 2.67. The van der Waals surface area contributed by atoms with Crippen molar-refractivity contribution < 1.29 is 0 Å². The Labute approximate surface area is 71.7 Å². The molecule has 0 aromatic carbocycles. The summed E-state index contributed by atoms with van der Waals surface area (Å²) in [6.45, 7) is 5.27. The zero-order valence-electron chi connectivity index (χ0n) is 7.00. The van der Waals surface area contributed by atoms with E-state index in [1.807, 2.05) is 5.51 Å². The molecule has 1 rings (SSSR count). The molecule has 62 valence electrons. The number of rotatable bonds is 4. The third kappa shape index (κ3) is 2.99. The first-order valence-corrected chi connectivity index (χ1v) is 4.87. The van der Waals surface area contributed by atoms with Gasteiger partial charge in [-0.05, 0) is 13.3 Å². The summed E-state index contributed by atoms with van der Waals surface area (Å²) in [7, 11) is 0. The van der Waals surface area contributed by atoms with Gasteiger partial charge in [0.15, 0.2) is 0 Å². The minimum atomic E-state index is 0.594. The molecule has 0 amide bonds. The van der Waals surface area contributed by atoms with Crippen molar-refractivity contribution in [3.8, 4) is 0 Å². The Morgan fingerprint density at radius 3 is 3.09 bits per heavy atom. The van der Waals surface area contributed by atoms with Gasteiger partial charge in [0.05, 0.1) is 11.2 Å². The molecule has 3 heteroatoms. The van der Waals surface area contributed by atoms with E-state index in [2.05, 4.69) is 29.5 Å². The third-order valence-corrected chi connectivity index (χ3v) is 2.36. The van der Waals surface area contributed by atoms with Crippen LogP contribution in [-0.2, 0) is 6.54 Å². The summed E-state index contributed by atoms with van der Waals surface area (Å²) in [6, 6.07) is 0.594. The molecule has 1 N–H and O–H groups in total. The Morgan fingerprint density at radius 2 is 2.55 bits per heavy atom. The second-order valence-corrected chi connectivity index (χ2v) is 3.39. The molecular formula is C8H14N2S. The Hall–Kier alpha value is -0.410. The quantitative estimate of drug-likeness (QED) is 0.748. The van der Waals surface area contributed by atoms with Crippen LogP contribution >= 0.6 is 11.3 Å². The molecule has 0 aliphatic carbocycles. The van der Waals surface area contributed by atoms with E-state index in [4.69, 9.17) is 0 Å². The van der Waals surface area contributed by atoms with Crippen molar-refractivity contribution in [1.82, 2.24) is 10.3 Å². The lowest BCUT2D eigenvalue weighted by molar-refractivity contribution is 0.530. The van der Waals surface area contributed by atoms with E-state index in [1.54, 1.807) is 11.3 Å². The van der Waals surface area contributed by atoms with Crippen LogP contribution in [0.5, 0.6) is 0 Å². The zero-order chi connectivity index (χ0) is 8.10. The van der Waals surface area contributed by atoms with Gasteiger partial charge in [-0.3, -0.25) is 0 Å². The summed E-state index contributed by atoms with van der Waals surface area (Å²) in [5.41, 5.74) is 3.02. The summed E-state index contributed by atoms with van der Waals surface area (Å²) >= 11 is 1.65. The monoisotopic (exact) mass is 170 g/mol. The fourth-order valence-electron chi connectivity index (χ4n) is 0.748. The summed E-state index contributed by atoms with van der Waals surface area (Å²) in [5, 5.41) is 5.46. The highest BCUT2D eigenvalue weighted by Gasteiger charge is 1.98. The lowest BCUT2D eigenvalue weighted by Gasteiger charge is -2.08. The molecular weight excluding hydrogens is 156 g/mol. The lowest BCUT2D eigenvalue weighted by Crippen LogP contribution is -2.24. The Kier molecular flexibility index (Phi) is 3.52. The molecule has 1 heterocycles. The van der Waals surface area contributed by atoms with Gasteiger partial charge in [0.2, 0.25) is 0 Å². The summed E-state index contributed by atoms with van der Waals surface area (Å²) in [5.74, 6) is 0. The molecule has 1 aromatic rings. The number of thiazole rings is 1. The summed E-state index contributed by atoms with van der Waals surface area (Å²) in [6.07, 6.45) is 1.17. The van der Waals surface area contributed by atoms with Gasteiger partial charge in [0.25, 0.3) is 0 Å². The summed E-state index contributed by atoms with van der Waals surface area (Å²) in [4.78, 5) is 4.18. The van der Waals surface area contributed by atoms with Gasteiger partial charge in [-0.1, -0.05) is 6.92 Å². The molecule has 1 aromatic heterocycles. The van der Waals surface area contributed by atoms with Crippen LogP contribution in [0.2, 0.25) is 0 Å². The average Bonchev–Trinajstić information content (AvgIpc) is 2.52. The van der Waals surface area contributed by atoms with Crippen LogP contribution in [0.25, 0.3) is 0 Å². The van der Waals surface area contributed by atoms with E-state index in [9.17, 15) is 0 Å². The van der Waals surface area contributed by atoms with E-state index >= 15 is 0 Å². The normalized spacial score (nSPS) is 13.3. The van der Waals surface area contributed by atoms with Crippen LogP contribution in [0, 0.1) is 0 Å². The SMILES string of the molecule is CCC(C)NCc1cscn1. The molecule has 0 aliphatic rings. The van der Waals surface area contributed by atoms with Gasteiger partial charge < -0.3 is 5.32 Å². The second kappa shape index (κ2) is 4.46. The summed E-state index contributed by atoms with van der Waals surface area (Å²) < 4.78 is 0. The molecule has 1 unspecified atom stereocenters. The van der Waals surface area contributed by atoms with Crippen LogP contribution in [0.4, 0.5) is 0 Å². The predicted molar refractivity (Wildman–Crippen MR) is 48.7 cm³/mol. The van der Waals surface area contributed by atoms with Crippen molar-refractivity contribution in [1.29, 1.82) is 0 Å². The number of hydrogen-bond donors (Lipinski definition) is 1. The first kappa shape index (κ1) is 8.68. The molecule has 11 heavy (non-hydrogen) atoms. The lowest BCUT2D eigenvalue weighted by atomic mass is 10.2. The number of nitrogens with one attached hydrogen (secondary N) is 1. The third-order valence-electron chi connectivity index (χ3n) is 1.73. The highest BCUT2D eigenvalue weighted by Crippen LogP contribution is 2.00. The first-order chi connectivity index (χ1) is 5.33. The van der Waals surface area contributed by atoms with Crippen molar-refractivity contribution in [2.75, 3.05) is 0 Å². The fourth-order valence-corrected chi connectivity index (χ4v) is 1.31. The molecule has 0 fully saturated rings. The number of hydrogen-bond acceptors (Lipinski definition) is 3. The topological polar surface area (TPSA) is 24.9 Å². The maximum atomic E-state index is 4.18. The van der Waals surface area contributed by atoms with Crippen molar-refractivity contribution >= 4 is 11.3 Å². The molecule has 0 aliphatic heterocycles. The highest BCUT2D eigenvalue weighted by molar-refractivity contribution is 7.07. The Bertz CT molecular complexity index is 184. The maximum Gasteiger partial charge on any atom is 0.0795 e. The fraction of sp³-hybridized carbons (Fsp3) is 0.625. The van der Waals surface area contributed by atoms with Gasteiger partial charge in [-0.2, -0.15) is 0 Å². The van der Waals surface area contributed by atoms with Gasteiger partial charge in [0.1, 0.15) is 0 Å². The largest absolute Gasteiger partial charge is 0.309 e. The molecule has 0 spiro atoms. The van der Waals surface area contributed by atoms with Crippen LogP contribution < -0.4 is 5.32 Å². The highest BCUT2D eigenvalue weighted by atomic mass is 32.1. The number of nitrogens with zero attached hydrogens (tertiary/aromatic N) is 1. The van der Waals surface area contributed by atoms with Crippen LogP contribution in [0.1, 0.15) is 26.0 Å². The van der Waals surface area contributed by atoms with E-state index in [-0.39, 0.29) is 0 Å². The van der Waals surface area contributed by atoms with E-state index < -0.39 is 0 Å². The molecule has 2 nitrogen and oxygen atoms in total. The zero-order valence-corrected chi connectivity index (χ0v) is 7.82. The van der Waals surface area contributed by atoms with Gasteiger partial charge in [-0.15, -0.1) is 11.3 Å². The average molecular weight is 170 g/mol. The minimum Gasteiger partial charge on any atom is -0.309 e. The molecule has 1 atom stereocenters. The molecule has 0 bridgehead atoms. The Balaban J connectivity index is 2.23. The van der Waals surface area contributed by atoms with Crippen LogP contribution in [0.3, 0.4) is 0 Å². The van der Waals surface area contributed by atoms with Crippen molar-refractivity contribution in [2.45, 2.75) is 32.9 Å². The molecule has 0 radical (unpaired) electrons. The molecule has 0 saturated carbocycles.